The minimum Gasteiger partial charge on any atom is -0.320 e. The van der Waals surface area contributed by atoms with Crippen LogP contribution in [0.4, 0.5) is 8.78 Å². The first kappa shape index (κ1) is 14.3. The van der Waals surface area contributed by atoms with E-state index in [9.17, 15) is 8.78 Å². The van der Waals surface area contributed by atoms with Gasteiger partial charge in [-0.25, -0.2) is 8.78 Å². The maximum atomic E-state index is 13.3. The van der Waals surface area contributed by atoms with Gasteiger partial charge < -0.3 is 5.73 Å². The predicted octanol–water partition coefficient (Wildman–Crippen LogP) is 4.39. The molecule has 0 saturated heterocycles. The van der Waals surface area contributed by atoms with Crippen molar-refractivity contribution >= 4 is 23.4 Å². The second kappa shape index (κ2) is 5.90. The molecule has 0 saturated carbocycles. The van der Waals surface area contributed by atoms with Gasteiger partial charge in [0.05, 0.1) is 6.04 Å². The normalized spacial score (nSPS) is 12.5. The monoisotopic (exact) mass is 299 g/mol. The molecule has 0 bridgehead atoms. The van der Waals surface area contributed by atoms with Crippen LogP contribution in [0.5, 0.6) is 0 Å². The molecule has 0 aliphatic heterocycles. The highest BCUT2D eigenvalue weighted by molar-refractivity contribution is 7.98. The third-order valence-electron chi connectivity index (χ3n) is 2.85. The summed E-state index contributed by atoms with van der Waals surface area (Å²) < 4.78 is 26.4. The van der Waals surface area contributed by atoms with Gasteiger partial charge in [0.25, 0.3) is 0 Å². The fourth-order valence-electron chi connectivity index (χ4n) is 1.87. The fourth-order valence-corrected chi connectivity index (χ4v) is 2.78. The molecule has 0 fully saturated rings. The van der Waals surface area contributed by atoms with Gasteiger partial charge in [-0.15, -0.1) is 11.8 Å². The Morgan fingerprint density at radius 2 is 1.74 bits per heavy atom. The minimum absolute atomic E-state index is 0.127. The maximum absolute atomic E-state index is 13.3. The number of thioether (sulfide) groups is 1. The van der Waals surface area contributed by atoms with Crippen molar-refractivity contribution in [2.24, 2.45) is 5.73 Å². The molecule has 0 amide bonds. The molecule has 0 heterocycles. The summed E-state index contributed by atoms with van der Waals surface area (Å²) >= 11 is 7.49. The topological polar surface area (TPSA) is 26.0 Å². The molecule has 2 N–H and O–H groups in total. The van der Waals surface area contributed by atoms with Gasteiger partial charge in [-0.3, -0.25) is 0 Å². The SMILES string of the molecule is CSc1ccccc1C(N)c1cc(F)c(F)cc1Cl. The van der Waals surface area contributed by atoms with E-state index < -0.39 is 17.7 Å². The zero-order valence-electron chi connectivity index (χ0n) is 10.2. The second-order valence-corrected chi connectivity index (χ2v) is 5.26. The van der Waals surface area contributed by atoms with Gasteiger partial charge in [-0.2, -0.15) is 0 Å². The lowest BCUT2D eigenvalue weighted by atomic mass is 9.99. The van der Waals surface area contributed by atoms with Crippen LogP contribution < -0.4 is 5.73 Å². The molecule has 0 aliphatic rings. The average Bonchev–Trinajstić information content (AvgIpc) is 2.42. The highest BCUT2D eigenvalue weighted by atomic mass is 35.5. The highest BCUT2D eigenvalue weighted by Crippen LogP contribution is 2.32. The van der Waals surface area contributed by atoms with Crippen molar-refractivity contribution in [2.45, 2.75) is 10.9 Å². The highest BCUT2D eigenvalue weighted by Gasteiger charge is 2.18. The lowest BCUT2D eigenvalue weighted by Crippen LogP contribution is -2.14. The number of hydrogen-bond donors (Lipinski definition) is 1. The number of nitrogens with two attached hydrogens (primary N) is 1. The Bertz CT molecular complexity index is 604. The molecule has 1 unspecified atom stereocenters. The van der Waals surface area contributed by atoms with Gasteiger partial charge >= 0.3 is 0 Å². The lowest BCUT2D eigenvalue weighted by molar-refractivity contribution is 0.506. The van der Waals surface area contributed by atoms with E-state index in [0.29, 0.717) is 5.56 Å². The van der Waals surface area contributed by atoms with E-state index in [1.165, 1.54) is 0 Å². The van der Waals surface area contributed by atoms with Gasteiger partial charge in [-0.05, 0) is 35.6 Å². The Labute approximate surface area is 119 Å². The van der Waals surface area contributed by atoms with Crippen LogP contribution in [0.3, 0.4) is 0 Å². The van der Waals surface area contributed by atoms with Crippen LogP contribution in [0.15, 0.2) is 41.3 Å². The van der Waals surface area contributed by atoms with Gasteiger partial charge in [0.15, 0.2) is 11.6 Å². The van der Waals surface area contributed by atoms with Crippen LogP contribution in [0.1, 0.15) is 17.2 Å². The van der Waals surface area contributed by atoms with E-state index in [1.54, 1.807) is 11.8 Å². The maximum Gasteiger partial charge on any atom is 0.160 e. The molecule has 0 aliphatic carbocycles. The molecular formula is C14H12ClF2NS. The third-order valence-corrected chi connectivity index (χ3v) is 3.99. The Morgan fingerprint density at radius 1 is 1.11 bits per heavy atom. The summed E-state index contributed by atoms with van der Waals surface area (Å²) in [5, 5.41) is 0.127. The quantitative estimate of drug-likeness (QED) is 0.672. The molecule has 2 aromatic rings. The summed E-state index contributed by atoms with van der Waals surface area (Å²) in [6, 6.07) is 8.94. The zero-order valence-corrected chi connectivity index (χ0v) is 11.7. The number of halogens is 3. The van der Waals surface area contributed by atoms with E-state index >= 15 is 0 Å². The van der Waals surface area contributed by atoms with Crippen molar-refractivity contribution in [3.05, 3.63) is 64.2 Å². The molecule has 1 nitrogen and oxygen atoms in total. The van der Waals surface area contributed by atoms with Crippen molar-refractivity contribution in [1.82, 2.24) is 0 Å². The smallest absolute Gasteiger partial charge is 0.160 e. The van der Waals surface area contributed by atoms with Crippen LogP contribution in [0.2, 0.25) is 5.02 Å². The van der Waals surface area contributed by atoms with Crippen LogP contribution >= 0.6 is 23.4 Å². The molecular weight excluding hydrogens is 288 g/mol. The number of rotatable bonds is 3. The van der Waals surface area contributed by atoms with E-state index in [-0.39, 0.29) is 5.02 Å². The van der Waals surface area contributed by atoms with E-state index in [2.05, 4.69) is 0 Å². The van der Waals surface area contributed by atoms with Gasteiger partial charge in [0.2, 0.25) is 0 Å². The first-order chi connectivity index (χ1) is 9.04. The van der Waals surface area contributed by atoms with Gasteiger partial charge in [0, 0.05) is 9.92 Å². The standard InChI is InChI=1S/C14H12ClF2NS/c1-19-13-5-3-2-4-8(13)14(18)9-6-11(16)12(17)7-10(9)15/h2-7,14H,18H2,1H3. The van der Waals surface area contributed by atoms with Crippen LogP contribution in [0, 0.1) is 11.6 Å². The summed E-state index contributed by atoms with van der Waals surface area (Å²) in [6.45, 7) is 0. The van der Waals surface area contributed by atoms with E-state index in [4.69, 9.17) is 17.3 Å². The van der Waals surface area contributed by atoms with Crippen molar-refractivity contribution in [3.63, 3.8) is 0 Å². The second-order valence-electron chi connectivity index (χ2n) is 4.01. The van der Waals surface area contributed by atoms with Gasteiger partial charge in [-0.1, -0.05) is 29.8 Å². The fraction of sp³-hybridized carbons (Fsp3) is 0.143. The average molecular weight is 300 g/mol. The molecule has 5 heteroatoms. The molecule has 0 aromatic heterocycles. The molecule has 2 rings (SSSR count). The Balaban J connectivity index is 2.50. The molecule has 19 heavy (non-hydrogen) atoms. The number of benzene rings is 2. The minimum atomic E-state index is -0.973. The van der Waals surface area contributed by atoms with E-state index in [1.807, 2.05) is 30.5 Å². The largest absolute Gasteiger partial charge is 0.320 e. The van der Waals surface area contributed by atoms with Crippen molar-refractivity contribution in [3.8, 4) is 0 Å². The summed E-state index contributed by atoms with van der Waals surface area (Å²) in [5.41, 5.74) is 7.34. The summed E-state index contributed by atoms with van der Waals surface area (Å²) in [5.74, 6) is -1.92. The van der Waals surface area contributed by atoms with Crippen LogP contribution in [0.25, 0.3) is 0 Å². The van der Waals surface area contributed by atoms with Crippen LogP contribution in [-0.4, -0.2) is 6.26 Å². The van der Waals surface area contributed by atoms with Crippen molar-refractivity contribution < 1.29 is 8.78 Å². The van der Waals surface area contributed by atoms with Crippen molar-refractivity contribution in [2.75, 3.05) is 6.26 Å². The summed E-state index contributed by atoms with van der Waals surface area (Å²) in [7, 11) is 0. The predicted molar refractivity (Wildman–Crippen MR) is 75.6 cm³/mol. The van der Waals surface area contributed by atoms with Crippen molar-refractivity contribution in [1.29, 1.82) is 0 Å². The first-order valence-electron chi connectivity index (χ1n) is 5.57. The molecule has 2 aromatic carbocycles. The first-order valence-corrected chi connectivity index (χ1v) is 7.17. The zero-order chi connectivity index (χ0) is 14.0. The molecule has 100 valence electrons. The summed E-state index contributed by atoms with van der Waals surface area (Å²) in [6.07, 6.45) is 1.93. The molecule has 1 atom stereocenters. The lowest BCUT2D eigenvalue weighted by Gasteiger charge is -2.17. The van der Waals surface area contributed by atoms with Gasteiger partial charge in [0.1, 0.15) is 0 Å². The molecule has 0 radical (unpaired) electrons. The summed E-state index contributed by atoms with van der Waals surface area (Å²) in [4.78, 5) is 0.982. The third kappa shape index (κ3) is 2.91. The Morgan fingerprint density at radius 3 is 2.42 bits per heavy atom. The Kier molecular flexibility index (Phi) is 4.45. The number of hydrogen-bond acceptors (Lipinski definition) is 2. The van der Waals surface area contributed by atoms with Crippen LogP contribution in [-0.2, 0) is 0 Å². The van der Waals surface area contributed by atoms with E-state index in [0.717, 1.165) is 22.6 Å². The molecule has 0 spiro atoms. The Hall–Kier alpha value is -1.10.